The molecule has 0 saturated carbocycles. The van der Waals surface area contributed by atoms with Crippen LogP contribution in [0.25, 0.3) is 11.2 Å². The minimum atomic E-state index is -0.515. The second-order valence-electron chi connectivity index (χ2n) is 7.45. The molecule has 8 heteroatoms. The highest BCUT2D eigenvalue weighted by Crippen LogP contribution is 2.25. The van der Waals surface area contributed by atoms with Crippen LogP contribution in [0.5, 0.6) is 0 Å². The van der Waals surface area contributed by atoms with Crippen LogP contribution in [-0.4, -0.2) is 45.4 Å². The van der Waals surface area contributed by atoms with Gasteiger partial charge in [-0.15, -0.1) is 0 Å². The van der Waals surface area contributed by atoms with Crippen molar-refractivity contribution in [1.82, 2.24) is 19.9 Å². The Morgan fingerprint density at radius 1 is 1.44 bits per heavy atom. The first kappa shape index (κ1) is 17.3. The number of aromatic amines is 1. The number of piperidine rings is 1. The fourth-order valence-corrected chi connectivity index (χ4v) is 3.15. The molecule has 1 saturated heterocycles. The van der Waals surface area contributed by atoms with Crippen LogP contribution in [0.4, 0.5) is 10.5 Å². The zero-order valence-electron chi connectivity index (χ0n) is 15.1. The van der Waals surface area contributed by atoms with Gasteiger partial charge >= 0.3 is 11.8 Å². The smallest absolute Gasteiger partial charge is 0.407 e. The number of pyridine rings is 1. The molecule has 0 unspecified atom stereocenters. The van der Waals surface area contributed by atoms with E-state index in [1.807, 2.05) is 26.8 Å². The number of carbonyl (C=O) groups excluding carboxylic acids is 1. The van der Waals surface area contributed by atoms with Crippen molar-refractivity contribution in [1.29, 1.82) is 0 Å². The van der Waals surface area contributed by atoms with E-state index in [4.69, 9.17) is 4.74 Å². The number of aryl methyl sites for hydroxylation is 1. The number of ether oxygens (including phenoxy) is 1. The Morgan fingerprint density at radius 3 is 2.92 bits per heavy atom. The van der Waals surface area contributed by atoms with Gasteiger partial charge in [-0.3, -0.25) is 4.57 Å². The summed E-state index contributed by atoms with van der Waals surface area (Å²) in [5, 5.41) is 2.94. The standard InChI is InChI=1S/C17H25N5O3/c1-17(2,3)25-16(24)19-11-6-5-9-22(10-11)12-7-8-18-14-13(12)20-15(23)21(14)4/h7-8,11H,5-6,9-10H2,1-4H3,(H,19,24)(H,20,23)/t11-/m1/s1. The molecule has 1 atom stereocenters. The Hall–Kier alpha value is -2.51. The van der Waals surface area contributed by atoms with Crippen LogP contribution in [0.2, 0.25) is 0 Å². The van der Waals surface area contributed by atoms with E-state index in [1.165, 1.54) is 4.57 Å². The number of rotatable bonds is 2. The lowest BCUT2D eigenvalue weighted by molar-refractivity contribution is 0.0500. The van der Waals surface area contributed by atoms with Gasteiger partial charge in [0.1, 0.15) is 11.1 Å². The summed E-state index contributed by atoms with van der Waals surface area (Å²) in [6.07, 6.45) is 3.15. The number of carbonyl (C=O) groups is 1. The van der Waals surface area contributed by atoms with Gasteiger partial charge in [-0.2, -0.15) is 0 Å². The average Bonchev–Trinajstić information content (AvgIpc) is 2.81. The molecule has 1 aliphatic heterocycles. The maximum Gasteiger partial charge on any atom is 0.407 e. The van der Waals surface area contributed by atoms with Gasteiger partial charge in [0.25, 0.3) is 0 Å². The highest BCUT2D eigenvalue weighted by atomic mass is 16.6. The fraction of sp³-hybridized carbons (Fsp3) is 0.588. The Balaban J connectivity index is 1.77. The average molecular weight is 347 g/mol. The van der Waals surface area contributed by atoms with Crippen molar-refractivity contribution in [3.8, 4) is 0 Å². The number of nitrogens with zero attached hydrogens (tertiary/aromatic N) is 3. The first-order valence-electron chi connectivity index (χ1n) is 8.53. The van der Waals surface area contributed by atoms with E-state index < -0.39 is 11.7 Å². The molecule has 0 aromatic carbocycles. The van der Waals surface area contributed by atoms with Crippen LogP contribution < -0.4 is 15.9 Å². The summed E-state index contributed by atoms with van der Waals surface area (Å²) in [5.41, 5.74) is 1.59. The Kier molecular flexibility index (Phi) is 4.45. The van der Waals surface area contributed by atoms with Gasteiger partial charge in [-0.1, -0.05) is 0 Å². The molecule has 2 N–H and O–H groups in total. The third-order valence-corrected chi connectivity index (χ3v) is 4.25. The normalized spacial score (nSPS) is 18.4. The first-order chi connectivity index (χ1) is 11.7. The number of hydrogen-bond acceptors (Lipinski definition) is 5. The van der Waals surface area contributed by atoms with Crippen molar-refractivity contribution in [3.63, 3.8) is 0 Å². The van der Waals surface area contributed by atoms with Gasteiger partial charge in [0, 0.05) is 32.4 Å². The van der Waals surface area contributed by atoms with E-state index in [-0.39, 0.29) is 11.7 Å². The Morgan fingerprint density at radius 2 is 2.20 bits per heavy atom. The lowest BCUT2D eigenvalue weighted by Gasteiger charge is -2.35. The maximum absolute atomic E-state index is 12.0. The summed E-state index contributed by atoms with van der Waals surface area (Å²) >= 11 is 0. The molecule has 1 fully saturated rings. The molecule has 0 radical (unpaired) electrons. The molecule has 25 heavy (non-hydrogen) atoms. The van der Waals surface area contributed by atoms with E-state index >= 15 is 0 Å². The fourth-order valence-electron chi connectivity index (χ4n) is 3.15. The lowest BCUT2D eigenvalue weighted by Crippen LogP contribution is -2.49. The molecular formula is C17H25N5O3. The molecule has 0 spiro atoms. The maximum atomic E-state index is 12.0. The van der Waals surface area contributed by atoms with Crippen molar-refractivity contribution in [2.75, 3.05) is 18.0 Å². The zero-order valence-corrected chi connectivity index (χ0v) is 15.1. The topological polar surface area (TPSA) is 92.2 Å². The number of imidazole rings is 1. The van der Waals surface area contributed by atoms with Crippen LogP contribution in [0.3, 0.4) is 0 Å². The third kappa shape index (κ3) is 3.78. The molecule has 136 valence electrons. The predicted octanol–water partition coefficient (Wildman–Crippen LogP) is 1.76. The van der Waals surface area contributed by atoms with Crippen molar-refractivity contribution < 1.29 is 9.53 Å². The van der Waals surface area contributed by atoms with Gasteiger partial charge in [0.05, 0.1) is 5.69 Å². The van der Waals surface area contributed by atoms with Crippen LogP contribution in [0.1, 0.15) is 33.6 Å². The minimum Gasteiger partial charge on any atom is -0.444 e. The van der Waals surface area contributed by atoms with Crippen molar-refractivity contribution >= 4 is 22.9 Å². The largest absolute Gasteiger partial charge is 0.444 e. The SMILES string of the molecule is Cn1c(=O)[nH]c2c(N3CCC[C@@H](NC(=O)OC(C)(C)C)C3)ccnc21. The quantitative estimate of drug-likeness (QED) is 0.863. The number of hydrogen-bond donors (Lipinski definition) is 2. The van der Waals surface area contributed by atoms with Crippen molar-refractivity contribution in [3.05, 3.63) is 22.7 Å². The van der Waals surface area contributed by atoms with Crippen molar-refractivity contribution in [2.24, 2.45) is 7.05 Å². The zero-order chi connectivity index (χ0) is 18.2. The number of aromatic nitrogens is 3. The number of nitrogens with one attached hydrogen (secondary N) is 2. The van der Waals surface area contributed by atoms with Crippen LogP contribution in [0.15, 0.2) is 17.1 Å². The molecule has 0 aliphatic carbocycles. The molecule has 2 aromatic heterocycles. The number of H-pyrrole nitrogens is 1. The third-order valence-electron chi connectivity index (χ3n) is 4.25. The van der Waals surface area contributed by atoms with Gasteiger partial charge < -0.3 is 19.9 Å². The summed E-state index contributed by atoms with van der Waals surface area (Å²) in [6.45, 7) is 7.06. The second kappa shape index (κ2) is 6.42. The first-order valence-corrected chi connectivity index (χ1v) is 8.53. The number of amides is 1. The highest BCUT2D eigenvalue weighted by molar-refractivity contribution is 5.86. The van der Waals surface area contributed by atoms with E-state index in [0.717, 1.165) is 30.6 Å². The molecule has 1 amide bonds. The van der Waals surface area contributed by atoms with Crippen LogP contribution >= 0.6 is 0 Å². The summed E-state index contributed by atoms with van der Waals surface area (Å²) < 4.78 is 6.84. The molecule has 3 rings (SSSR count). The number of anilines is 1. The van der Waals surface area contributed by atoms with Crippen molar-refractivity contribution in [2.45, 2.75) is 45.3 Å². The van der Waals surface area contributed by atoms with E-state index in [0.29, 0.717) is 12.2 Å². The molecule has 1 aliphatic rings. The molecular weight excluding hydrogens is 322 g/mol. The van der Waals surface area contributed by atoms with Gasteiger partial charge in [-0.05, 0) is 39.7 Å². The second-order valence-corrected chi connectivity index (χ2v) is 7.45. The monoisotopic (exact) mass is 347 g/mol. The Bertz CT molecular complexity index is 833. The van der Waals surface area contributed by atoms with Gasteiger partial charge in [0.2, 0.25) is 0 Å². The molecule has 3 heterocycles. The van der Waals surface area contributed by atoms with E-state index in [1.54, 1.807) is 13.2 Å². The summed E-state index contributed by atoms with van der Waals surface area (Å²) in [4.78, 5) is 33.2. The summed E-state index contributed by atoms with van der Waals surface area (Å²) in [6, 6.07) is 1.90. The molecule has 8 nitrogen and oxygen atoms in total. The minimum absolute atomic E-state index is 0.00208. The predicted molar refractivity (Wildman–Crippen MR) is 95.9 cm³/mol. The van der Waals surface area contributed by atoms with E-state index in [2.05, 4.69) is 20.2 Å². The van der Waals surface area contributed by atoms with Gasteiger partial charge in [0.15, 0.2) is 5.65 Å². The summed E-state index contributed by atoms with van der Waals surface area (Å²) in [7, 11) is 1.70. The van der Waals surface area contributed by atoms with Gasteiger partial charge in [-0.25, -0.2) is 14.6 Å². The Labute approximate surface area is 146 Å². The van der Waals surface area contributed by atoms with Crippen LogP contribution in [0, 0.1) is 0 Å². The molecule has 2 aromatic rings. The number of fused-ring (bicyclic) bond motifs is 1. The van der Waals surface area contributed by atoms with Crippen LogP contribution in [-0.2, 0) is 11.8 Å². The van der Waals surface area contributed by atoms with E-state index in [9.17, 15) is 9.59 Å². The summed E-state index contributed by atoms with van der Waals surface area (Å²) in [5.74, 6) is 0. The highest BCUT2D eigenvalue weighted by Gasteiger charge is 2.25. The lowest BCUT2D eigenvalue weighted by atomic mass is 10.1. The number of alkyl carbamates (subject to hydrolysis) is 1. The molecule has 0 bridgehead atoms.